The number of para-hydroxylation sites is 1. The lowest BCUT2D eigenvalue weighted by molar-refractivity contribution is -0.118. The minimum atomic E-state index is -0.433. The number of methoxy groups -OCH3 is 1. The van der Waals surface area contributed by atoms with Crippen LogP contribution < -0.4 is 20.3 Å². The van der Waals surface area contributed by atoms with Crippen molar-refractivity contribution >= 4 is 28.7 Å². The van der Waals surface area contributed by atoms with Crippen LogP contribution in [0.5, 0.6) is 11.5 Å². The van der Waals surface area contributed by atoms with Gasteiger partial charge in [0, 0.05) is 33.9 Å². The van der Waals surface area contributed by atoms with Crippen molar-refractivity contribution in [1.29, 1.82) is 0 Å². The number of ether oxygens (including phenoxy) is 2. The number of carbonyl (C=O) groups excluding carboxylic acids is 1. The Morgan fingerprint density at radius 2 is 1.74 bits per heavy atom. The van der Waals surface area contributed by atoms with Gasteiger partial charge in [-0.3, -0.25) is 9.59 Å². The van der Waals surface area contributed by atoms with Crippen molar-refractivity contribution in [1.82, 2.24) is 14.2 Å². The van der Waals surface area contributed by atoms with Crippen LogP contribution in [0.25, 0.3) is 28.0 Å². The fourth-order valence-corrected chi connectivity index (χ4v) is 6.01. The molecule has 0 unspecified atom stereocenters. The first-order valence-corrected chi connectivity index (χ1v) is 16.3. The van der Waals surface area contributed by atoms with Crippen molar-refractivity contribution in [2.45, 2.75) is 40.5 Å². The molecule has 4 aromatic carbocycles. The summed E-state index contributed by atoms with van der Waals surface area (Å²) in [5.41, 5.74) is 7.01. The monoisotopic (exact) mass is 671 g/mol. The van der Waals surface area contributed by atoms with Gasteiger partial charge in [0.15, 0.2) is 12.4 Å². The fourth-order valence-electron chi connectivity index (χ4n) is 6.01. The van der Waals surface area contributed by atoms with Gasteiger partial charge in [-0.1, -0.05) is 32.0 Å². The van der Waals surface area contributed by atoms with Crippen molar-refractivity contribution in [3.05, 3.63) is 135 Å². The van der Waals surface area contributed by atoms with Gasteiger partial charge in [-0.25, -0.2) is 9.37 Å². The molecule has 1 amide bonds. The zero-order valence-electron chi connectivity index (χ0n) is 28.8. The molecular formula is C40H38FN5O4. The normalized spacial score (nSPS) is 11.4. The van der Waals surface area contributed by atoms with Crippen molar-refractivity contribution in [2.75, 3.05) is 19.0 Å². The standard InChI is InChI=1S/C40H38FN5O4/c1-24(2)34-21-35(25(3)18-37(34)49-6)39-44-36-13-8-7-12-33(36)40(48)46(39)42-22-28-19-26(4)45(27(28)5)31-14-16-32(17-15-31)50-23-38(47)43-30-11-9-10-29(41)20-30/h7-22,24H,23H2,1-6H3,(H,43,47). The summed E-state index contributed by atoms with van der Waals surface area (Å²) in [6.45, 7) is 9.93. The third kappa shape index (κ3) is 6.91. The number of rotatable bonds is 10. The number of hydrogen-bond donors (Lipinski definition) is 1. The van der Waals surface area contributed by atoms with E-state index in [-0.39, 0.29) is 18.1 Å². The van der Waals surface area contributed by atoms with E-state index < -0.39 is 11.7 Å². The number of fused-ring (bicyclic) bond motifs is 1. The minimum absolute atomic E-state index is 0.186. The zero-order valence-corrected chi connectivity index (χ0v) is 28.8. The summed E-state index contributed by atoms with van der Waals surface area (Å²) in [7, 11) is 1.66. The second-order valence-corrected chi connectivity index (χ2v) is 12.4. The van der Waals surface area contributed by atoms with Crippen LogP contribution in [-0.2, 0) is 4.79 Å². The Morgan fingerprint density at radius 1 is 0.980 bits per heavy atom. The highest BCUT2D eigenvalue weighted by atomic mass is 19.1. The fraction of sp³-hybridized carbons (Fsp3) is 0.200. The molecule has 2 heterocycles. The highest BCUT2D eigenvalue weighted by Gasteiger charge is 2.19. The largest absolute Gasteiger partial charge is 0.496 e. The van der Waals surface area contributed by atoms with E-state index in [1.807, 2.05) is 69.3 Å². The molecule has 0 aliphatic heterocycles. The van der Waals surface area contributed by atoms with E-state index in [1.165, 1.54) is 22.9 Å². The topological polar surface area (TPSA) is 99.7 Å². The Bertz CT molecular complexity index is 2300. The van der Waals surface area contributed by atoms with E-state index in [4.69, 9.17) is 19.6 Å². The summed E-state index contributed by atoms with van der Waals surface area (Å²) >= 11 is 0. The molecule has 10 heteroatoms. The van der Waals surface area contributed by atoms with Crippen LogP contribution in [0.1, 0.15) is 47.8 Å². The number of hydrogen-bond acceptors (Lipinski definition) is 6. The maximum atomic E-state index is 13.9. The molecule has 0 atom stereocenters. The van der Waals surface area contributed by atoms with Crippen molar-refractivity contribution < 1.29 is 18.7 Å². The first kappa shape index (κ1) is 33.9. The summed E-state index contributed by atoms with van der Waals surface area (Å²) in [4.78, 5) is 31.2. The highest BCUT2D eigenvalue weighted by Crippen LogP contribution is 2.34. The molecule has 6 rings (SSSR count). The van der Waals surface area contributed by atoms with E-state index in [0.29, 0.717) is 28.2 Å². The number of anilines is 1. The minimum Gasteiger partial charge on any atom is -0.496 e. The maximum Gasteiger partial charge on any atom is 0.282 e. The lowest BCUT2D eigenvalue weighted by atomic mass is 9.96. The van der Waals surface area contributed by atoms with Gasteiger partial charge in [0.1, 0.15) is 17.3 Å². The van der Waals surface area contributed by atoms with Crippen LogP contribution in [0.15, 0.2) is 101 Å². The van der Waals surface area contributed by atoms with Gasteiger partial charge >= 0.3 is 0 Å². The van der Waals surface area contributed by atoms with Crippen LogP contribution in [0, 0.1) is 26.6 Å². The van der Waals surface area contributed by atoms with E-state index in [0.717, 1.165) is 45.1 Å². The number of nitrogens with zero attached hydrogens (tertiary/aromatic N) is 4. The number of aromatic nitrogens is 3. The first-order valence-electron chi connectivity index (χ1n) is 16.3. The molecule has 6 aromatic rings. The lowest BCUT2D eigenvalue weighted by Gasteiger charge is -2.17. The van der Waals surface area contributed by atoms with Crippen molar-refractivity contribution in [3.63, 3.8) is 0 Å². The highest BCUT2D eigenvalue weighted by molar-refractivity contribution is 5.91. The van der Waals surface area contributed by atoms with Gasteiger partial charge in [0.05, 0.1) is 24.2 Å². The maximum absolute atomic E-state index is 13.9. The molecule has 9 nitrogen and oxygen atoms in total. The Labute approximate surface area is 289 Å². The second kappa shape index (κ2) is 14.2. The van der Waals surface area contributed by atoms with Crippen LogP contribution in [0.3, 0.4) is 0 Å². The summed E-state index contributed by atoms with van der Waals surface area (Å²) < 4.78 is 28.2. The first-order chi connectivity index (χ1) is 24.0. The lowest BCUT2D eigenvalue weighted by Crippen LogP contribution is -2.21. The molecule has 0 saturated heterocycles. The number of amides is 1. The molecule has 0 radical (unpaired) electrons. The van der Waals surface area contributed by atoms with Gasteiger partial charge in [0.2, 0.25) is 0 Å². The number of benzene rings is 4. The predicted octanol–water partition coefficient (Wildman–Crippen LogP) is 7.95. The Balaban J connectivity index is 1.29. The Morgan fingerprint density at radius 3 is 2.46 bits per heavy atom. The average Bonchev–Trinajstić information content (AvgIpc) is 3.38. The van der Waals surface area contributed by atoms with Gasteiger partial charge in [-0.2, -0.15) is 9.78 Å². The van der Waals surface area contributed by atoms with Gasteiger partial charge in [-0.15, -0.1) is 0 Å². The molecule has 0 aliphatic rings. The van der Waals surface area contributed by atoms with Crippen LogP contribution >= 0.6 is 0 Å². The number of aryl methyl sites for hydroxylation is 2. The molecule has 50 heavy (non-hydrogen) atoms. The third-order valence-corrected chi connectivity index (χ3v) is 8.55. The Kier molecular flexibility index (Phi) is 9.63. The van der Waals surface area contributed by atoms with Gasteiger partial charge in [-0.05, 0) is 111 Å². The molecule has 0 aliphatic carbocycles. The smallest absolute Gasteiger partial charge is 0.282 e. The molecule has 0 fully saturated rings. The van der Waals surface area contributed by atoms with Crippen LogP contribution in [0.2, 0.25) is 0 Å². The Hall–Kier alpha value is -6.03. The third-order valence-electron chi connectivity index (χ3n) is 8.55. The second-order valence-electron chi connectivity index (χ2n) is 12.4. The molecular weight excluding hydrogens is 633 g/mol. The number of carbonyl (C=O) groups is 1. The molecule has 0 spiro atoms. The molecule has 254 valence electrons. The number of nitrogens with one attached hydrogen (secondary N) is 1. The van der Waals surface area contributed by atoms with Crippen LogP contribution in [-0.4, -0.2) is 40.1 Å². The van der Waals surface area contributed by atoms with Crippen molar-refractivity contribution in [3.8, 4) is 28.6 Å². The summed E-state index contributed by atoms with van der Waals surface area (Å²) in [6, 6.07) is 26.4. The van der Waals surface area contributed by atoms with E-state index in [2.05, 4.69) is 23.7 Å². The zero-order chi connectivity index (χ0) is 35.5. The molecule has 0 bridgehead atoms. The quantitative estimate of drug-likeness (QED) is 0.149. The molecule has 1 N–H and O–H groups in total. The summed E-state index contributed by atoms with van der Waals surface area (Å²) in [5, 5.41) is 7.85. The van der Waals surface area contributed by atoms with E-state index in [9.17, 15) is 14.0 Å². The molecule has 0 saturated carbocycles. The van der Waals surface area contributed by atoms with E-state index in [1.54, 1.807) is 37.6 Å². The predicted molar refractivity (Wildman–Crippen MR) is 196 cm³/mol. The molecule has 2 aromatic heterocycles. The van der Waals surface area contributed by atoms with Gasteiger partial charge in [0.25, 0.3) is 11.5 Å². The average molecular weight is 672 g/mol. The SMILES string of the molecule is COc1cc(C)c(-c2nc3ccccc3c(=O)n2N=Cc2cc(C)n(-c3ccc(OCC(=O)Nc4cccc(F)c4)cc3)c2C)cc1C(C)C. The van der Waals surface area contributed by atoms with Crippen LogP contribution in [0.4, 0.5) is 10.1 Å². The van der Waals surface area contributed by atoms with Gasteiger partial charge < -0.3 is 19.4 Å². The van der Waals surface area contributed by atoms with E-state index >= 15 is 0 Å². The number of halogens is 1. The van der Waals surface area contributed by atoms with Crippen molar-refractivity contribution in [2.24, 2.45) is 5.10 Å². The summed E-state index contributed by atoms with van der Waals surface area (Å²) in [6.07, 6.45) is 1.69. The summed E-state index contributed by atoms with van der Waals surface area (Å²) in [5.74, 6) is 1.10.